The summed E-state index contributed by atoms with van der Waals surface area (Å²) >= 11 is 0. The van der Waals surface area contributed by atoms with Crippen molar-refractivity contribution in [3.8, 4) is 0 Å². The molecule has 0 amide bonds. The van der Waals surface area contributed by atoms with Crippen molar-refractivity contribution in [3.05, 3.63) is 60.2 Å². The molecule has 0 saturated heterocycles. The van der Waals surface area contributed by atoms with Crippen LogP contribution in [0.2, 0.25) is 0 Å². The van der Waals surface area contributed by atoms with E-state index in [1.165, 1.54) is 5.56 Å². The van der Waals surface area contributed by atoms with E-state index in [-0.39, 0.29) is 12.4 Å². The molecule has 0 aromatic heterocycles. The van der Waals surface area contributed by atoms with E-state index in [4.69, 9.17) is 5.41 Å². The Kier molecular flexibility index (Phi) is 4.07. The monoisotopic (exact) mass is 273 g/mol. The number of hydrogen-bond acceptors (Lipinski definition) is 1. The highest BCUT2D eigenvalue weighted by molar-refractivity contribution is 6.04. The first-order valence-corrected chi connectivity index (χ1v) is 6.11. The van der Waals surface area contributed by atoms with Gasteiger partial charge in [-0.1, -0.05) is 36.4 Å². The highest BCUT2D eigenvalue weighted by Gasteiger charge is 2.21. The first kappa shape index (κ1) is 13.4. The lowest BCUT2D eigenvalue weighted by Gasteiger charge is -2.21. The number of hydrogen-bond donors (Lipinski definition) is 2. The van der Waals surface area contributed by atoms with Gasteiger partial charge in [-0.15, -0.1) is 12.4 Å². The van der Waals surface area contributed by atoms with Crippen LogP contribution in [0.3, 0.4) is 0 Å². The van der Waals surface area contributed by atoms with Gasteiger partial charge in [-0.2, -0.15) is 0 Å². The van der Waals surface area contributed by atoms with Crippen molar-refractivity contribution in [2.24, 2.45) is 0 Å². The minimum Gasteiger partial charge on any atom is -0.326 e. The van der Waals surface area contributed by atoms with E-state index in [0.717, 1.165) is 24.3 Å². The Morgan fingerprint density at radius 1 is 1.00 bits per heavy atom. The third kappa shape index (κ3) is 2.71. The molecular formula is C15H16ClN3. The summed E-state index contributed by atoms with van der Waals surface area (Å²) in [6, 6.07) is 18.1. The smallest absolute Gasteiger partial charge is 0.200 e. The first-order chi connectivity index (χ1) is 8.84. The van der Waals surface area contributed by atoms with Crippen LogP contribution in [0.1, 0.15) is 5.56 Å². The first-order valence-electron chi connectivity index (χ1n) is 6.11. The van der Waals surface area contributed by atoms with Crippen LogP contribution >= 0.6 is 12.4 Å². The number of anilines is 2. The second-order valence-electron chi connectivity index (χ2n) is 4.37. The molecule has 4 heteroatoms. The van der Waals surface area contributed by atoms with Crippen molar-refractivity contribution >= 4 is 29.7 Å². The van der Waals surface area contributed by atoms with Crippen molar-refractivity contribution in [3.63, 3.8) is 0 Å². The normalized spacial score (nSPS) is 12.5. The van der Waals surface area contributed by atoms with Crippen molar-refractivity contribution in [1.82, 2.24) is 0 Å². The molecule has 1 aliphatic rings. The van der Waals surface area contributed by atoms with Crippen molar-refractivity contribution in [1.29, 1.82) is 5.41 Å². The lowest BCUT2D eigenvalue weighted by Crippen LogP contribution is -2.34. The summed E-state index contributed by atoms with van der Waals surface area (Å²) in [5, 5.41) is 11.3. The van der Waals surface area contributed by atoms with Crippen LogP contribution in [0.4, 0.5) is 11.4 Å². The van der Waals surface area contributed by atoms with Gasteiger partial charge in [0.05, 0.1) is 0 Å². The highest BCUT2D eigenvalue weighted by Crippen LogP contribution is 2.27. The van der Waals surface area contributed by atoms with E-state index in [9.17, 15) is 0 Å². The van der Waals surface area contributed by atoms with E-state index in [2.05, 4.69) is 23.5 Å². The molecule has 2 aromatic carbocycles. The SMILES string of the molecule is Cl.N=C(Nc1ccccc1)N1CCc2ccccc21. The highest BCUT2D eigenvalue weighted by atomic mass is 35.5. The van der Waals surface area contributed by atoms with E-state index >= 15 is 0 Å². The van der Waals surface area contributed by atoms with Gasteiger partial charge >= 0.3 is 0 Å². The molecular weight excluding hydrogens is 258 g/mol. The molecule has 2 N–H and O–H groups in total. The summed E-state index contributed by atoms with van der Waals surface area (Å²) in [7, 11) is 0. The second-order valence-corrected chi connectivity index (χ2v) is 4.37. The summed E-state index contributed by atoms with van der Waals surface area (Å²) in [4.78, 5) is 2.02. The fourth-order valence-electron chi connectivity index (χ4n) is 2.30. The zero-order valence-electron chi connectivity index (χ0n) is 10.5. The van der Waals surface area contributed by atoms with Gasteiger partial charge in [0.25, 0.3) is 0 Å². The van der Waals surface area contributed by atoms with Crippen molar-refractivity contribution in [2.75, 3.05) is 16.8 Å². The number of fused-ring (bicyclic) bond motifs is 1. The van der Waals surface area contributed by atoms with Crippen molar-refractivity contribution in [2.45, 2.75) is 6.42 Å². The number of nitrogens with zero attached hydrogens (tertiary/aromatic N) is 1. The molecule has 98 valence electrons. The maximum atomic E-state index is 8.17. The lowest BCUT2D eigenvalue weighted by molar-refractivity contribution is 1.01. The number of guanidine groups is 1. The topological polar surface area (TPSA) is 39.1 Å². The number of rotatable bonds is 1. The zero-order chi connectivity index (χ0) is 12.4. The molecule has 19 heavy (non-hydrogen) atoms. The Labute approximate surface area is 119 Å². The molecule has 0 radical (unpaired) electrons. The molecule has 0 spiro atoms. The van der Waals surface area contributed by atoms with Gasteiger partial charge in [-0.05, 0) is 30.2 Å². The van der Waals surface area contributed by atoms with Gasteiger partial charge in [-0.3, -0.25) is 5.41 Å². The number of benzene rings is 2. The van der Waals surface area contributed by atoms with Crippen LogP contribution in [0.5, 0.6) is 0 Å². The minimum absolute atomic E-state index is 0. The maximum Gasteiger partial charge on any atom is 0.200 e. The third-order valence-corrected chi connectivity index (χ3v) is 3.19. The number of halogens is 1. The standard InChI is InChI=1S/C15H15N3.ClH/c16-15(17-13-7-2-1-3-8-13)18-11-10-12-6-4-5-9-14(12)18;/h1-9H,10-11H2,(H2,16,17);1H. The number of nitrogens with one attached hydrogen (secondary N) is 2. The molecule has 3 rings (SSSR count). The Hall–Kier alpha value is -2.00. The van der Waals surface area contributed by atoms with Crippen LogP contribution in [0.25, 0.3) is 0 Å². The van der Waals surface area contributed by atoms with E-state index in [1.807, 2.05) is 41.3 Å². The largest absolute Gasteiger partial charge is 0.326 e. The molecule has 3 nitrogen and oxygen atoms in total. The average Bonchev–Trinajstić information content (AvgIpc) is 2.84. The molecule has 0 bridgehead atoms. The van der Waals surface area contributed by atoms with Crippen LogP contribution in [0.15, 0.2) is 54.6 Å². The Bertz CT molecular complexity index is 569. The van der Waals surface area contributed by atoms with Gasteiger partial charge in [0.2, 0.25) is 0 Å². The molecule has 0 atom stereocenters. The summed E-state index contributed by atoms with van der Waals surface area (Å²) in [6.07, 6.45) is 1.01. The quantitative estimate of drug-likeness (QED) is 0.616. The second kappa shape index (κ2) is 5.76. The maximum absolute atomic E-state index is 8.17. The van der Waals surface area contributed by atoms with Gasteiger partial charge in [0.15, 0.2) is 5.96 Å². The van der Waals surface area contributed by atoms with Gasteiger partial charge in [-0.25, -0.2) is 0 Å². The Morgan fingerprint density at radius 3 is 2.47 bits per heavy atom. The molecule has 0 unspecified atom stereocenters. The summed E-state index contributed by atoms with van der Waals surface area (Å²) in [5.41, 5.74) is 3.41. The fourth-order valence-corrected chi connectivity index (χ4v) is 2.30. The minimum atomic E-state index is 0. The molecule has 0 aliphatic carbocycles. The summed E-state index contributed by atoms with van der Waals surface area (Å²) in [5.74, 6) is 0.436. The van der Waals surface area contributed by atoms with Crippen LogP contribution in [-0.2, 0) is 6.42 Å². The predicted octanol–water partition coefficient (Wildman–Crippen LogP) is 3.52. The van der Waals surface area contributed by atoms with Crippen LogP contribution < -0.4 is 10.2 Å². The van der Waals surface area contributed by atoms with E-state index in [1.54, 1.807) is 0 Å². The van der Waals surface area contributed by atoms with Gasteiger partial charge in [0.1, 0.15) is 0 Å². The summed E-state index contributed by atoms with van der Waals surface area (Å²) in [6.45, 7) is 0.873. The molecule has 0 saturated carbocycles. The zero-order valence-corrected chi connectivity index (χ0v) is 11.3. The van der Waals surface area contributed by atoms with E-state index in [0.29, 0.717) is 5.96 Å². The van der Waals surface area contributed by atoms with Crippen LogP contribution in [-0.4, -0.2) is 12.5 Å². The number of para-hydroxylation sites is 2. The fraction of sp³-hybridized carbons (Fsp3) is 0.133. The molecule has 2 aromatic rings. The van der Waals surface area contributed by atoms with Gasteiger partial charge in [0, 0.05) is 17.9 Å². The predicted molar refractivity (Wildman–Crippen MR) is 82.5 cm³/mol. The van der Waals surface area contributed by atoms with E-state index < -0.39 is 0 Å². The Balaban J connectivity index is 0.00000133. The lowest BCUT2D eigenvalue weighted by atomic mass is 10.2. The van der Waals surface area contributed by atoms with Crippen molar-refractivity contribution < 1.29 is 0 Å². The molecule has 0 fully saturated rings. The van der Waals surface area contributed by atoms with Gasteiger partial charge < -0.3 is 10.2 Å². The Morgan fingerprint density at radius 2 is 1.68 bits per heavy atom. The average molecular weight is 274 g/mol. The molecule has 1 aliphatic heterocycles. The third-order valence-electron chi connectivity index (χ3n) is 3.19. The summed E-state index contributed by atoms with van der Waals surface area (Å²) < 4.78 is 0. The van der Waals surface area contributed by atoms with Crippen LogP contribution in [0, 0.1) is 5.41 Å². The molecule has 1 heterocycles.